The highest BCUT2D eigenvalue weighted by atomic mass is 35.5. The molecule has 0 atom stereocenters. The lowest BCUT2D eigenvalue weighted by Crippen LogP contribution is -1.96. The van der Waals surface area contributed by atoms with Gasteiger partial charge < -0.3 is 9.84 Å². The molecule has 0 radical (unpaired) electrons. The van der Waals surface area contributed by atoms with Crippen LogP contribution in [0.3, 0.4) is 0 Å². The Hall–Kier alpha value is -2.07. The van der Waals surface area contributed by atoms with Gasteiger partial charge in [-0.1, -0.05) is 37.8 Å². The van der Waals surface area contributed by atoms with E-state index in [2.05, 4.69) is 17.2 Å². The highest BCUT2D eigenvalue weighted by Crippen LogP contribution is 2.32. The second-order valence-corrected chi connectivity index (χ2v) is 5.67. The molecule has 0 unspecified atom stereocenters. The standard InChI is InChI=1S/C18H21ClN2O2/c1-2-3-4-5-12-23-16-10-11-17(18(22)13-16)21-20-15-8-6-14(19)7-9-15/h6-11,13,22H,2-5,12H2,1H3. The van der Waals surface area contributed by atoms with Gasteiger partial charge in [-0.3, -0.25) is 0 Å². The van der Waals surface area contributed by atoms with E-state index in [0.29, 0.717) is 28.8 Å². The number of phenols is 1. The number of phenolic OH excluding ortho intramolecular Hbond substituents is 1. The van der Waals surface area contributed by atoms with Gasteiger partial charge in [-0.05, 0) is 42.8 Å². The van der Waals surface area contributed by atoms with E-state index in [4.69, 9.17) is 16.3 Å². The van der Waals surface area contributed by atoms with E-state index in [1.165, 1.54) is 12.8 Å². The minimum absolute atomic E-state index is 0.0498. The molecule has 23 heavy (non-hydrogen) atoms. The highest BCUT2D eigenvalue weighted by molar-refractivity contribution is 6.30. The largest absolute Gasteiger partial charge is 0.505 e. The van der Waals surface area contributed by atoms with Crippen LogP contribution in [-0.4, -0.2) is 11.7 Å². The molecule has 0 amide bonds. The lowest BCUT2D eigenvalue weighted by atomic mass is 10.2. The van der Waals surface area contributed by atoms with E-state index in [1.54, 1.807) is 42.5 Å². The summed E-state index contributed by atoms with van der Waals surface area (Å²) in [6.45, 7) is 2.83. The third-order valence-corrected chi connectivity index (χ3v) is 3.57. The minimum Gasteiger partial charge on any atom is -0.505 e. The van der Waals surface area contributed by atoms with Crippen molar-refractivity contribution in [1.29, 1.82) is 0 Å². The molecule has 5 heteroatoms. The molecule has 0 aliphatic rings. The summed E-state index contributed by atoms with van der Waals surface area (Å²) >= 11 is 5.81. The van der Waals surface area contributed by atoms with E-state index in [9.17, 15) is 5.11 Å². The third-order valence-electron chi connectivity index (χ3n) is 3.31. The molecule has 0 saturated heterocycles. The molecule has 2 aromatic carbocycles. The van der Waals surface area contributed by atoms with Crippen molar-refractivity contribution in [3.8, 4) is 11.5 Å². The van der Waals surface area contributed by atoms with Gasteiger partial charge in [0.25, 0.3) is 0 Å². The van der Waals surface area contributed by atoms with Crippen molar-refractivity contribution >= 4 is 23.0 Å². The van der Waals surface area contributed by atoms with Crippen molar-refractivity contribution in [3.63, 3.8) is 0 Å². The van der Waals surface area contributed by atoms with Crippen LogP contribution in [0.5, 0.6) is 11.5 Å². The Labute approximate surface area is 141 Å². The van der Waals surface area contributed by atoms with E-state index in [1.807, 2.05) is 0 Å². The quantitative estimate of drug-likeness (QED) is 0.448. The maximum Gasteiger partial charge on any atom is 0.146 e. The summed E-state index contributed by atoms with van der Waals surface area (Å²) in [4.78, 5) is 0. The smallest absolute Gasteiger partial charge is 0.146 e. The third kappa shape index (κ3) is 5.91. The van der Waals surface area contributed by atoms with Crippen LogP contribution < -0.4 is 4.74 Å². The predicted molar refractivity (Wildman–Crippen MR) is 93.4 cm³/mol. The average molecular weight is 333 g/mol. The molecule has 4 nitrogen and oxygen atoms in total. The number of rotatable bonds is 8. The number of halogens is 1. The van der Waals surface area contributed by atoms with Crippen LogP contribution in [0, 0.1) is 0 Å². The topological polar surface area (TPSA) is 54.2 Å². The van der Waals surface area contributed by atoms with Crippen molar-refractivity contribution in [3.05, 3.63) is 47.5 Å². The van der Waals surface area contributed by atoms with Crippen molar-refractivity contribution in [1.82, 2.24) is 0 Å². The summed E-state index contributed by atoms with van der Waals surface area (Å²) in [5.74, 6) is 0.693. The fourth-order valence-electron chi connectivity index (χ4n) is 2.02. The molecule has 2 rings (SSSR count). The van der Waals surface area contributed by atoms with Gasteiger partial charge in [-0.15, -0.1) is 5.11 Å². The Morgan fingerprint density at radius 3 is 2.48 bits per heavy atom. The zero-order valence-electron chi connectivity index (χ0n) is 13.2. The van der Waals surface area contributed by atoms with Crippen molar-refractivity contribution in [2.75, 3.05) is 6.61 Å². The van der Waals surface area contributed by atoms with Crippen LogP contribution >= 0.6 is 11.6 Å². The molecule has 122 valence electrons. The summed E-state index contributed by atoms with van der Waals surface area (Å²) in [6.07, 6.45) is 4.61. The maximum atomic E-state index is 10.00. The highest BCUT2D eigenvalue weighted by Gasteiger charge is 2.03. The number of azo groups is 1. The first-order valence-electron chi connectivity index (χ1n) is 7.82. The number of ether oxygens (including phenoxy) is 1. The van der Waals surface area contributed by atoms with Gasteiger partial charge in [0.05, 0.1) is 12.3 Å². The first-order valence-corrected chi connectivity index (χ1v) is 8.20. The van der Waals surface area contributed by atoms with Crippen molar-refractivity contribution < 1.29 is 9.84 Å². The van der Waals surface area contributed by atoms with Gasteiger partial charge in [0, 0.05) is 11.1 Å². The Kier molecular flexibility index (Phi) is 6.88. The number of nitrogens with zero attached hydrogens (tertiary/aromatic N) is 2. The lowest BCUT2D eigenvalue weighted by Gasteiger charge is -2.07. The van der Waals surface area contributed by atoms with E-state index >= 15 is 0 Å². The molecule has 0 fully saturated rings. The second-order valence-electron chi connectivity index (χ2n) is 5.24. The minimum atomic E-state index is 0.0498. The number of hydrogen-bond donors (Lipinski definition) is 1. The van der Waals surface area contributed by atoms with Crippen LogP contribution in [0.2, 0.25) is 5.02 Å². The fourth-order valence-corrected chi connectivity index (χ4v) is 2.14. The summed E-state index contributed by atoms with van der Waals surface area (Å²) in [5, 5.41) is 18.8. The molecule has 0 spiro atoms. The molecule has 0 saturated carbocycles. The Morgan fingerprint density at radius 1 is 1.00 bits per heavy atom. The Balaban J connectivity index is 1.92. The fraction of sp³-hybridized carbons (Fsp3) is 0.333. The van der Waals surface area contributed by atoms with Gasteiger partial charge >= 0.3 is 0 Å². The average Bonchev–Trinajstić information content (AvgIpc) is 2.55. The van der Waals surface area contributed by atoms with E-state index in [0.717, 1.165) is 12.8 Å². The lowest BCUT2D eigenvalue weighted by molar-refractivity contribution is 0.303. The van der Waals surface area contributed by atoms with Crippen molar-refractivity contribution in [2.24, 2.45) is 10.2 Å². The zero-order valence-corrected chi connectivity index (χ0v) is 14.0. The van der Waals surface area contributed by atoms with Gasteiger partial charge in [-0.2, -0.15) is 5.11 Å². The Bertz CT molecular complexity index is 642. The normalized spacial score (nSPS) is 11.0. The molecule has 0 aliphatic heterocycles. The molecular weight excluding hydrogens is 312 g/mol. The molecule has 1 N–H and O–H groups in total. The van der Waals surface area contributed by atoms with Gasteiger partial charge in [0.2, 0.25) is 0 Å². The van der Waals surface area contributed by atoms with Gasteiger partial charge in [0.1, 0.15) is 17.2 Å². The molecule has 0 bridgehead atoms. The number of benzene rings is 2. The molecule has 0 aliphatic carbocycles. The monoisotopic (exact) mass is 332 g/mol. The number of unbranched alkanes of at least 4 members (excludes halogenated alkanes) is 3. The van der Waals surface area contributed by atoms with Gasteiger partial charge in [0.15, 0.2) is 0 Å². The molecule has 2 aromatic rings. The molecular formula is C18H21ClN2O2. The molecule has 0 heterocycles. The van der Waals surface area contributed by atoms with Crippen molar-refractivity contribution in [2.45, 2.75) is 32.6 Å². The summed E-state index contributed by atoms with van der Waals surface area (Å²) < 4.78 is 5.62. The zero-order chi connectivity index (χ0) is 16.5. The first-order chi connectivity index (χ1) is 11.2. The predicted octanol–water partition coefficient (Wildman–Crippen LogP) is 6.42. The summed E-state index contributed by atoms with van der Waals surface area (Å²) in [7, 11) is 0. The Morgan fingerprint density at radius 2 is 1.78 bits per heavy atom. The number of aromatic hydroxyl groups is 1. The summed E-state index contributed by atoms with van der Waals surface area (Å²) in [6, 6.07) is 12.0. The maximum absolute atomic E-state index is 10.00. The number of hydrogen-bond acceptors (Lipinski definition) is 4. The molecule has 0 aromatic heterocycles. The van der Waals surface area contributed by atoms with Crippen LogP contribution in [0.1, 0.15) is 32.6 Å². The van der Waals surface area contributed by atoms with Gasteiger partial charge in [-0.25, -0.2) is 0 Å². The van der Waals surface area contributed by atoms with Crippen LogP contribution in [-0.2, 0) is 0 Å². The van der Waals surface area contributed by atoms with Crippen LogP contribution in [0.15, 0.2) is 52.7 Å². The van der Waals surface area contributed by atoms with E-state index < -0.39 is 0 Å². The first kappa shape index (κ1) is 17.3. The van der Waals surface area contributed by atoms with Crippen LogP contribution in [0.4, 0.5) is 11.4 Å². The summed E-state index contributed by atoms with van der Waals surface area (Å²) in [5.41, 5.74) is 1.07. The van der Waals surface area contributed by atoms with E-state index in [-0.39, 0.29) is 5.75 Å². The SMILES string of the molecule is CCCCCCOc1ccc(N=Nc2ccc(Cl)cc2)c(O)c1. The second kappa shape index (κ2) is 9.16. The van der Waals surface area contributed by atoms with Crippen LogP contribution in [0.25, 0.3) is 0 Å².